The molecule has 0 aromatic carbocycles. The normalized spacial score (nSPS) is 16.3. The Morgan fingerprint density at radius 1 is 1.30 bits per heavy atom. The van der Waals surface area contributed by atoms with Crippen LogP contribution >= 0.6 is 0 Å². The van der Waals surface area contributed by atoms with Crippen LogP contribution in [0.5, 0.6) is 0 Å². The van der Waals surface area contributed by atoms with Crippen LogP contribution in [0.15, 0.2) is 22.9 Å². The minimum Gasteiger partial charge on any atom is -0.382 e. The number of ether oxygens (including phenoxy) is 2. The lowest BCUT2D eigenvalue weighted by Crippen LogP contribution is -2.54. The highest BCUT2D eigenvalue weighted by molar-refractivity contribution is 6.08. The van der Waals surface area contributed by atoms with E-state index in [1.807, 2.05) is 0 Å². The molecule has 4 amide bonds. The zero-order chi connectivity index (χ0) is 22.5. The van der Waals surface area contributed by atoms with Crippen molar-refractivity contribution in [3.63, 3.8) is 0 Å². The minimum atomic E-state index is -1.02. The van der Waals surface area contributed by atoms with E-state index in [2.05, 4.69) is 16.6 Å². The monoisotopic (exact) mass is 419 g/mol. The highest BCUT2D eigenvalue weighted by atomic mass is 16.5. The van der Waals surface area contributed by atoms with E-state index in [4.69, 9.17) is 15.9 Å². The lowest BCUT2D eigenvalue weighted by atomic mass is 10.0. The summed E-state index contributed by atoms with van der Waals surface area (Å²) in [6, 6.07) is -1.02. The molecule has 30 heavy (non-hydrogen) atoms. The molecule has 1 atom stereocenters. The van der Waals surface area contributed by atoms with E-state index >= 15 is 0 Å². The van der Waals surface area contributed by atoms with Crippen LogP contribution in [0.4, 0.5) is 0 Å². The zero-order valence-corrected chi connectivity index (χ0v) is 17.7. The third-order valence-corrected chi connectivity index (χ3v) is 4.29. The van der Waals surface area contributed by atoms with Gasteiger partial charge in [-0.15, -0.1) is 6.42 Å². The Labute approximate surface area is 176 Å². The molecule has 164 valence electrons. The van der Waals surface area contributed by atoms with Crippen LogP contribution in [0.2, 0.25) is 0 Å². The second-order valence-corrected chi connectivity index (χ2v) is 6.66. The number of hydrogen-bond donors (Lipinski definition) is 2. The highest BCUT2D eigenvalue weighted by Crippen LogP contribution is 2.20. The van der Waals surface area contributed by atoms with Crippen molar-refractivity contribution in [2.24, 2.45) is 0 Å². The van der Waals surface area contributed by atoms with Gasteiger partial charge in [0.25, 0.3) is 5.91 Å². The van der Waals surface area contributed by atoms with E-state index in [1.165, 1.54) is 0 Å². The fourth-order valence-corrected chi connectivity index (χ4v) is 2.88. The molecule has 0 saturated carbocycles. The first-order valence-corrected chi connectivity index (χ1v) is 9.66. The Morgan fingerprint density at radius 3 is 2.57 bits per heavy atom. The summed E-state index contributed by atoms with van der Waals surface area (Å²) in [4.78, 5) is 49.1. The van der Waals surface area contributed by atoms with Crippen molar-refractivity contribution in [1.29, 1.82) is 0 Å². The van der Waals surface area contributed by atoms with Crippen LogP contribution in [0, 0.1) is 12.3 Å². The summed E-state index contributed by atoms with van der Waals surface area (Å²) >= 11 is 0. The van der Waals surface area contributed by atoms with Crippen molar-refractivity contribution in [1.82, 2.24) is 15.5 Å². The molecule has 1 saturated heterocycles. The first-order chi connectivity index (χ1) is 14.4. The lowest BCUT2D eigenvalue weighted by molar-refractivity contribution is -0.148. The molecule has 1 aliphatic heterocycles. The number of allylic oxidation sites excluding steroid dienone is 2. The molecule has 0 aromatic rings. The first kappa shape index (κ1) is 25.1. The van der Waals surface area contributed by atoms with E-state index in [-0.39, 0.29) is 25.0 Å². The largest absolute Gasteiger partial charge is 0.382 e. The fraction of sp³-hybridized carbons (Fsp3) is 0.524. The van der Waals surface area contributed by atoms with Gasteiger partial charge in [0, 0.05) is 18.7 Å². The van der Waals surface area contributed by atoms with Gasteiger partial charge in [-0.25, -0.2) is 0 Å². The van der Waals surface area contributed by atoms with Crippen LogP contribution in [0.1, 0.15) is 33.6 Å². The number of carbonyl (C=O) groups is 4. The molecule has 9 nitrogen and oxygen atoms in total. The van der Waals surface area contributed by atoms with Gasteiger partial charge in [0.05, 0.1) is 25.4 Å². The Morgan fingerprint density at radius 2 is 2.00 bits per heavy atom. The van der Waals surface area contributed by atoms with E-state index < -0.39 is 23.8 Å². The molecule has 0 spiro atoms. The predicted octanol–water partition coefficient (Wildman–Crippen LogP) is 0.273. The summed E-state index contributed by atoms with van der Waals surface area (Å²) in [5.74, 6) is 0.679. The number of imide groups is 2. The van der Waals surface area contributed by atoms with Gasteiger partial charge in [0.2, 0.25) is 18.2 Å². The van der Waals surface area contributed by atoms with Gasteiger partial charge in [-0.2, -0.15) is 0 Å². The average Bonchev–Trinajstić information content (AvgIpc) is 2.70. The number of nitrogens with one attached hydrogen (secondary N) is 2. The molecule has 1 rings (SSSR count). The maximum Gasteiger partial charge on any atom is 0.263 e. The molecular weight excluding hydrogens is 390 g/mol. The SMILES string of the molecule is C#CCOCCOCCN/C(=C/C)C(C(=O)N(C=O)C1CCC(=O)NC1=O)=C(C)C. The van der Waals surface area contributed by atoms with Crippen molar-refractivity contribution >= 4 is 24.1 Å². The number of piperidine rings is 1. The van der Waals surface area contributed by atoms with Crippen LogP contribution in [0.3, 0.4) is 0 Å². The van der Waals surface area contributed by atoms with Crippen molar-refractivity contribution in [3.8, 4) is 12.3 Å². The summed E-state index contributed by atoms with van der Waals surface area (Å²) in [5, 5.41) is 5.28. The molecule has 1 unspecified atom stereocenters. The smallest absolute Gasteiger partial charge is 0.263 e. The molecule has 2 N–H and O–H groups in total. The van der Waals surface area contributed by atoms with Crippen molar-refractivity contribution in [2.45, 2.75) is 39.7 Å². The Balaban J connectivity index is 2.76. The fourth-order valence-electron chi connectivity index (χ4n) is 2.88. The predicted molar refractivity (Wildman–Crippen MR) is 110 cm³/mol. The minimum absolute atomic E-state index is 0.0648. The summed E-state index contributed by atoms with van der Waals surface area (Å²) in [6.45, 7) is 7.03. The molecule has 1 fully saturated rings. The lowest BCUT2D eigenvalue weighted by Gasteiger charge is -2.30. The average molecular weight is 419 g/mol. The summed E-state index contributed by atoms with van der Waals surface area (Å²) in [5.41, 5.74) is 1.47. The number of amides is 4. The highest BCUT2D eigenvalue weighted by Gasteiger charge is 2.36. The Kier molecular flexibility index (Phi) is 11.1. The van der Waals surface area contributed by atoms with Crippen LogP contribution < -0.4 is 10.6 Å². The maximum atomic E-state index is 13.1. The van der Waals surface area contributed by atoms with E-state index in [1.54, 1.807) is 26.8 Å². The van der Waals surface area contributed by atoms with E-state index in [0.29, 0.717) is 44.0 Å². The molecule has 0 bridgehead atoms. The van der Waals surface area contributed by atoms with E-state index in [0.717, 1.165) is 4.90 Å². The van der Waals surface area contributed by atoms with Gasteiger partial charge in [-0.3, -0.25) is 29.4 Å². The standard InChI is InChI=1S/C21H29N3O6/c1-5-10-29-12-13-30-11-9-22-16(6-2)19(15(3)4)21(28)24(14-25)17-7-8-18(26)23-20(17)27/h1,6,14,17,22H,7-13H2,2-4H3,(H,23,26,27)/b16-6+. The van der Waals surface area contributed by atoms with Crippen LogP contribution in [-0.4, -0.2) is 68.0 Å². The molecule has 1 heterocycles. The third kappa shape index (κ3) is 7.46. The Hall–Kier alpha value is -2.96. The number of rotatable bonds is 12. The number of carbonyl (C=O) groups excluding carboxylic acids is 4. The second kappa shape index (κ2) is 13.3. The van der Waals surface area contributed by atoms with Crippen LogP contribution in [-0.2, 0) is 28.7 Å². The van der Waals surface area contributed by atoms with Gasteiger partial charge >= 0.3 is 0 Å². The molecule has 1 aliphatic rings. The van der Waals surface area contributed by atoms with Gasteiger partial charge in [-0.1, -0.05) is 17.6 Å². The molecule has 0 aliphatic carbocycles. The molecular formula is C21H29N3O6. The summed E-state index contributed by atoms with van der Waals surface area (Å²) in [6.07, 6.45) is 7.29. The summed E-state index contributed by atoms with van der Waals surface area (Å²) in [7, 11) is 0. The second-order valence-electron chi connectivity index (χ2n) is 6.66. The topological polar surface area (TPSA) is 114 Å². The maximum absolute atomic E-state index is 13.1. The third-order valence-electron chi connectivity index (χ3n) is 4.29. The zero-order valence-electron chi connectivity index (χ0n) is 17.7. The van der Waals surface area contributed by atoms with Crippen molar-refractivity contribution in [3.05, 3.63) is 22.9 Å². The van der Waals surface area contributed by atoms with Crippen molar-refractivity contribution < 1.29 is 28.7 Å². The van der Waals surface area contributed by atoms with E-state index in [9.17, 15) is 19.2 Å². The van der Waals surface area contributed by atoms with Crippen LogP contribution in [0.25, 0.3) is 0 Å². The number of hydrogen-bond acceptors (Lipinski definition) is 7. The summed E-state index contributed by atoms with van der Waals surface area (Å²) < 4.78 is 10.5. The number of terminal acetylenes is 1. The van der Waals surface area contributed by atoms with Gasteiger partial charge in [0.15, 0.2) is 0 Å². The van der Waals surface area contributed by atoms with Crippen molar-refractivity contribution in [2.75, 3.05) is 33.0 Å². The number of nitrogens with zero attached hydrogens (tertiary/aromatic N) is 1. The van der Waals surface area contributed by atoms with Gasteiger partial charge in [0.1, 0.15) is 12.6 Å². The molecule has 0 radical (unpaired) electrons. The first-order valence-electron chi connectivity index (χ1n) is 9.66. The van der Waals surface area contributed by atoms with Gasteiger partial charge < -0.3 is 14.8 Å². The molecule has 0 aromatic heterocycles. The quantitative estimate of drug-likeness (QED) is 0.117. The molecule has 9 heteroatoms. The van der Waals surface area contributed by atoms with Gasteiger partial charge in [-0.05, 0) is 27.2 Å². The Bertz CT molecular complexity index is 746.